The first-order valence-electron chi connectivity index (χ1n) is 9.17. The number of piperazine rings is 1. The van der Waals surface area contributed by atoms with Crippen LogP contribution in [0.5, 0.6) is 0 Å². The second-order valence-electron chi connectivity index (χ2n) is 7.18. The van der Waals surface area contributed by atoms with Crippen molar-refractivity contribution in [3.05, 3.63) is 45.7 Å². The van der Waals surface area contributed by atoms with E-state index in [-0.39, 0.29) is 10.8 Å². The number of sulfonamides is 1. The molecule has 1 aliphatic rings. The van der Waals surface area contributed by atoms with Crippen molar-refractivity contribution >= 4 is 37.8 Å². The lowest BCUT2D eigenvalue weighted by Gasteiger charge is -2.35. The number of carbonyl (C=O) groups is 1. The van der Waals surface area contributed by atoms with Crippen LogP contribution in [0.1, 0.15) is 21.5 Å². The molecule has 1 aromatic carbocycles. The third-order valence-electron chi connectivity index (χ3n) is 5.08. The van der Waals surface area contributed by atoms with Gasteiger partial charge in [-0.1, -0.05) is 0 Å². The predicted molar refractivity (Wildman–Crippen MR) is 115 cm³/mol. The van der Waals surface area contributed by atoms with Crippen LogP contribution in [-0.2, 0) is 10.0 Å². The van der Waals surface area contributed by atoms with E-state index in [9.17, 15) is 13.2 Å². The number of halogens is 1. The highest BCUT2D eigenvalue weighted by Crippen LogP contribution is 2.24. The van der Waals surface area contributed by atoms with E-state index in [0.29, 0.717) is 43.3 Å². The van der Waals surface area contributed by atoms with Crippen LogP contribution in [0.25, 0.3) is 0 Å². The normalized spacial score (nSPS) is 15.1. The number of amides is 1. The molecular weight excluding hydrogens is 458 g/mol. The monoisotopic (exact) mass is 481 g/mol. The van der Waals surface area contributed by atoms with Gasteiger partial charge in [-0.25, -0.2) is 22.7 Å². The molecule has 0 aliphatic carbocycles. The molecule has 2 heterocycles. The zero-order valence-corrected chi connectivity index (χ0v) is 19.3. The van der Waals surface area contributed by atoms with Gasteiger partial charge < -0.3 is 9.80 Å². The lowest BCUT2D eigenvalue weighted by atomic mass is 10.0. The molecule has 2 aromatic rings. The van der Waals surface area contributed by atoms with Gasteiger partial charge in [-0.3, -0.25) is 4.79 Å². The zero-order valence-electron chi connectivity index (χ0n) is 16.9. The minimum absolute atomic E-state index is 0.167. The second-order valence-corrected chi connectivity index (χ2v) is 10.2. The van der Waals surface area contributed by atoms with E-state index in [1.807, 2.05) is 11.8 Å². The van der Waals surface area contributed by atoms with Crippen LogP contribution in [0.15, 0.2) is 33.9 Å². The molecule has 0 unspecified atom stereocenters. The summed E-state index contributed by atoms with van der Waals surface area (Å²) in [6, 6.07) is 3.25. The molecule has 1 aromatic heterocycles. The van der Waals surface area contributed by atoms with Crippen LogP contribution in [0, 0.1) is 13.8 Å². The topological polar surface area (TPSA) is 86.7 Å². The minimum Gasteiger partial charge on any atom is -0.337 e. The Balaban J connectivity index is 1.79. The Morgan fingerprint density at radius 3 is 2.21 bits per heavy atom. The fraction of sp³-hybridized carbons (Fsp3) is 0.421. The predicted octanol–water partition coefficient (Wildman–Crippen LogP) is 2.07. The maximum Gasteiger partial charge on any atom is 0.254 e. The van der Waals surface area contributed by atoms with Gasteiger partial charge in [0.05, 0.1) is 9.37 Å². The van der Waals surface area contributed by atoms with Gasteiger partial charge in [0.2, 0.25) is 16.0 Å². The molecule has 1 fully saturated rings. The number of aryl methyl sites for hydroxylation is 1. The summed E-state index contributed by atoms with van der Waals surface area (Å²) in [5.41, 5.74) is 1.83. The van der Waals surface area contributed by atoms with Crippen LogP contribution in [0.4, 0.5) is 5.95 Å². The van der Waals surface area contributed by atoms with Gasteiger partial charge in [-0.2, -0.15) is 0 Å². The van der Waals surface area contributed by atoms with E-state index in [0.717, 1.165) is 10.0 Å². The summed E-state index contributed by atoms with van der Waals surface area (Å²) in [6.07, 6.45) is 3.39. The number of anilines is 1. The number of aromatic nitrogens is 2. The molecule has 0 spiro atoms. The van der Waals surface area contributed by atoms with Gasteiger partial charge in [0.15, 0.2) is 0 Å². The maximum atomic E-state index is 13.1. The van der Waals surface area contributed by atoms with E-state index >= 15 is 0 Å². The zero-order chi connectivity index (χ0) is 21.3. The molecule has 0 radical (unpaired) electrons. The molecule has 1 amide bonds. The van der Waals surface area contributed by atoms with Crippen LogP contribution >= 0.6 is 15.9 Å². The Bertz CT molecular complexity index is 1020. The van der Waals surface area contributed by atoms with Crippen LogP contribution in [0.3, 0.4) is 0 Å². The smallest absolute Gasteiger partial charge is 0.254 e. The van der Waals surface area contributed by atoms with Crippen molar-refractivity contribution in [3.63, 3.8) is 0 Å². The molecule has 8 nitrogen and oxygen atoms in total. The molecule has 0 atom stereocenters. The molecule has 0 bridgehead atoms. The highest BCUT2D eigenvalue weighted by atomic mass is 79.9. The van der Waals surface area contributed by atoms with Gasteiger partial charge >= 0.3 is 0 Å². The quantitative estimate of drug-likeness (QED) is 0.664. The van der Waals surface area contributed by atoms with E-state index in [1.54, 1.807) is 30.3 Å². The molecule has 1 aliphatic heterocycles. The first kappa shape index (κ1) is 21.7. The van der Waals surface area contributed by atoms with Crippen molar-refractivity contribution in [2.24, 2.45) is 0 Å². The number of carbonyl (C=O) groups excluding carboxylic acids is 1. The Morgan fingerprint density at radius 2 is 1.66 bits per heavy atom. The summed E-state index contributed by atoms with van der Waals surface area (Å²) in [5.74, 6) is 0.463. The summed E-state index contributed by atoms with van der Waals surface area (Å²) in [7, 11) is -0.655. The van der Waals surface area contributed by atoms with E-state index in [1.165, 1.54) is 24.5 Å². The summed E-state index contributed by atoms with van der Waals surface area (Å²) in [4.78, 5) is 25.6. The molecule has 3 rings (SSSR count). The Hall–Kier alpha value is -2.04. The first-order chi connectivity index (χ1) is 13.6. The van der Waals surface area contributed by atoms with Crippen molar-refractivity contribution in [2.75, 3.05) is 45.2 Å². The summed E-state index contributed by atoms with van der Waals surface area (Å²) < 4.78 is 27.3. The Morgan fingerprint density at radius 1 is 1.07 bits per heavy atom. The molecule has 10 heteroatoms. The second kappa shape index (κ2) is 8.37. The number of rotatable bonds is 4. The Labute approximate surface area is 179 Å². The van der Waals surface area contributed by atoms with Gasteiger partial charge in [0.1, 0.15) is 0 Å². The highest BCUT2D eigenvalue weighted by molar-refractivity contribution is 9.10. The first-order valence-corrected chi connectivity index (χ1v) is 11.4. The van der Waals surface area contributed by atoms with Crippen molar-refractivity contribution in [1.29, 1.82) is 0 Å². The van der Waals surface area contributed by atoms with E-state index < -0.39 is 10.0 Å². The van der Waals surface area contributed by atoms with Crippen molar-refractivity contribution in [3.8, 4) is 0 Å². The molecule has 29 heavy (non-hydrogen) atoms. The average molecular weight is 482 g/mol. The third-order valence-corrected chi connectivity index (χ3v) is 7.43. The molecule has 156 valence electrons. The number of benzene rings is 1. The fourth-order valence-electron chi connectivity index (χ4n) is 3.18. The largest absolute Gasteiger partial charge is 0.337 e. The standard InChI is InChI=1S/C19H24BrN5O3S/c1-13-9-15(10-17(14(13)2)29(27,28)23(3)4)18(26)24-5-7-25(8-6-24)19-21-11-16(20)12-22-19/h9-12H,5-8H2,1-4H3. The number of nitrogens with zero attached hydrogens (tertiary/aromatic N) is 5. The van der Waals surface area contributed by atoms with Gasteiger partial charge in [-0.05, 0) is 53.0 Å². The summed E-state index contributed by atoms with van der Waals surface area (Å²) in [5, 5.41) is 0. The average Bonchev–Trinajstić information content (AvgIpc) is 2.70. The highest BCUT2D eigenvalue weighted by Gasteiger charge is 2.27. The van der Waals surface area contributed by atoms with Crippen LogP contribution in [0.2, 0.25) is 0 Å². The van der Waals surface area contributed by atoms with Crippen molar-refractivity contribution < 1.29 is 13.2 Å². The van der Waals surface area contributed by atoms with Gasteiger partial charge in [-0.15, -0.1) is 0 Å². The lowest BCUT2D eigenvalue weighted by molar-refractivity contribution is 0.0746. The number of hydrogen-bond acceptors (Lipinski definition) is 6. The Kier molecular flexibility index (Phi) is 6.25. The molecular formula is C19H24BrN5O3S. The molecule has 0 N–H and O–H groups in total. The SMILES string of the molecule is Cc1cc(C(=O)N2CCN(c3ncc(Br)cn3)CC2)cc(S(=O)(=O)N(C)C)c1C. The maximum absolute atomic E-state index is 13.1. The third kappa shape index (κ3) is 4.44. The minimum atomic E-state index is -3.63. The summed E-state index contributed by atoms with van der Waals surface area (Å²) in [6.45, 7) is 5.84. The van der Waals surface area contributed by atoms with Crippen LogP contribution < -0.4 is 4.90 Å². The summed E-state index contributed by atoms with van der Waals surface area (Å²) >= 11 is 3.32. The molecule has 0 saturated carbocycles. The number of hydrogen-bond donors (Lipinski definition) is 0. The van der Waals surface area contributed by atoms with Gasteiger partial charge in [0, 0.05) is 58.2 Å². The fourth-order valence-corrected chi connectivity index (χ4v) is 4.60. The molecule has 1 saturated heterocycles. The van der Waals surface area contributed by atoms with E-state index in [4.69, 9.17) is 0 Å². The van der Waals surface area contributed by atoms with E-state index in [2.05, 4.69) is 25.9 Å². The van der Waals surface area contributed by atoms with Crippen molar-refractivity contribution in [1.82, 2.24) is 19.2 Å². The van der Waals surface area contributed by atoms with Crippen LogP contribution in [-0.4, -0.2) is 73.8 Å². The van der Waals surface area contributed by atoms with Gasteiger partial charge in [0.25, 0.3) is 5.91 Å². The van der Waals surface area contributed by atoms with Crippen molar-refractivity contribution in [2.45, 2.75) is 18.7 Å². The lowest BCUT2D eigenvalue weighted by Crippen LogP contribution is -2.49.